The zero-order chi connectivity index (χ0) is 85.2. The first-order chi connectivity index (χ1) is 63.9. The number of aromatic nitrogens is 9. The highest BCUT2D eigenvalue weighted by Crippen LogP contribution is 2.45. The van der Waals surface area contributed by atoms with Crippen molar-refractivity contribution in [1.29, 1.82) is 0 Å². The van der Waals surface area contributed by atoms with Crippen molar-refractivity contribution in [3.05, 3.63) is 443 Å². The van der Waals surface area contributed by atoms with Gasteiger partial charge in [-0.2, -0.15) is 0 Å². The summed E-state index contributed by atoms with van der Waals surface area (Å²) in [6.45, 7) is 0. The third-order valence-corrected chi connectivity index (χ3v) is 26.0. The van der Waals surface area contributed by atoms with E-state index in [1.165, 1.54) is 112 Å². The lowest BCUT2D eigenvalue weighted by Gasteiger charge is -2.14. The standard InChI is InChI=1S/C41H25N3.C39H23N3S.C39H25N3/c1-2-10-29(11-3-1)39-42-40(32-20-22-35-30(24-32)18-15-26-8-4-6-12-34(26)35)44-41(43-39)33-21-23-37-31(25-33)19-17-28-16-14-27-9-5-7-13-36(27)38(28)37;1-2-12-25(13-3-1)37-40-38(31-18-10-20-34-36(31)30-17-8-9-19-33(30)43-34)42-39(41-37)32-23-26-22-21-24-11-4-5-14-27(24)35(26)29-16-7-6-15-28(29)32;1-3-12-26(13-4-1)29-17-11-18-31(24-29)38-40-37(28-15-5-2-6-16-28)41-39(42-38)35-25-30-23-22-27-14-7-8-19-32(27)36(30)34-21-10-9-20-33(34)35/h1-25H;1-23H;1-25H. The Morgan fingerprint density at radius 1 is 0.124 bits per heavy atom. The normalized spacial score (nSPS) is 11.6. The molecule has 600 valence electrons. The van der Waals surface area contributed by atoms with E-state index in [0.29, 0.717) is 52.4 Å². The Morgan fingerprint density at radius 3 is 0.899 bits per heavy atom. The van der Waals surface area contributed by atoms with E-state index in [1.54, 1.807) is 11.3 Å². The zero-order valence-corrected chi connectivity index (χ0v) is 70.4. The summed E-state index contributed by atoms with van der Waals surface area (Å²) in [4.78, 5) is 45.7. The Kier molecular flexibility index (Phi) is 18.9. The molecule has 0 saturated carbocycles. The topological polar surface area (TPSA) is 116 Å². The predicted molar refractivity (Wildman–Crippen MR) is 539 cm³/mol. The first-order valence-electron chi connectivity index (χ1n) is 43.4. The average molecular weight is 1660 g/mol. The quantitative estimate of drug-likeness (QED) is 0.123. The molecule has 0 spiro atoms. The van der Waals surface area contributed by atoms with E-state index >= 15 is 0 Å². The minimum Gasteiger partial charge on any atom is -0.208 e. The highest BCUT2D eigenvalue weighted by Gasteiger charge is 2.23. The number of hydrogen-bond acceptors (Lipinski definition) is 10. The van der Waals surface area contributed by atoms with Crippen LogP contribution in [0.2, 0.25) is 0 Å². The lowest BCUT2D eigenvalue weighted by Crippen LogP contribution is -2.01. The van der Waals surface area contributed by atoms with Crippen molar-refractivity contribution in [3.8, 4) is 114 Å². The summed E-state index contributed by atoms with van der Waals surface area (Å²) in [6.07, 6.45) is 0. The van der Waals surface area contributed by atoms with E-state index in [4.69, 9.17) is 44.9 Å². The number of fused-ring (bicyclic) bond motifs is 21. The first kappa shape index (κ1) is 75.7. The molecule has 10 heteroatoms. The molecule has 0 amide bonds. The van der Waals surface area contributed by atoms with Gasteiger partial charge in [0.25, 0.3) is 0 Å². The molecule has 0 radical (unpaired) electrons. The minimum absolute atomic E-state index is 0.652. The summed E-state index contributed by atoms with van der Waals surface area (Å²) < 4.78 is 2.49. The van der Waals surface area contributed by atoms with Crippen molar-refractivity contribution in [2.45, 2.75) is 0 Å². The van der Waals surface area contributed by atoms with Crippen molar-refractivity contribution in [2.75, 3.05) is 0 Å². The molecule has 0 saturated heterocycles. The lowest BCUT2D eigenvalue weighted by atomic mass is 9.93. The molecule has 26 rings (SSSR count). The summed E-state index contributed by atoms with van der Waals surface area (Å²) in [5.41, 5.74) is 11.1. The Labute approximate surface area is 746 Å². The number of benzene rings is 22. The number of nitrogens with zero attached hydrogens (tertiary/aromatic N) is 9. The first-order valence-corrected chi connectivity index (χ1v) is 44.2. The number of thiophene rings is 1. The van der Waals surface area contributed by atoms with Crippen LogP contribution in [0.25, 0.3) is 252 Å². The van der Waals surface area contributed by atoms with Gasteiger partial charge in [0.15, 0.2) is 52.4 Å². The molecule has 26 aromatic rings. The number of rotatable bonds is 10. The smallest absolute Gasteiger partial charge is 0.164 e. The second kappa shape index (κ2) is 32.2. The van der Waals surface area contributed by atoms with Gasteiger partial charge in [-0.1, -0.05) is 400 Å². The monoisotopic (exact) mass is 1660 g/mol. The molecule has 22 aromatic carbocycles. The Bertz CT molecular complexity index is 8960. The van der Waals surface area contributed by atoms with E-state index in [9.17, 15) is 0 Å². The maximum atomic E-state index is 5.24. The van der Waals surface area contributed by atoms with Crippen molar-refractivity contribution in [2.24, 2.45) is 0 Å². The van der Waals surface area contributed by atoms with E-state index < -0.39 is 0 Å². The van der Waals surface area contributed by atoms with E-state index in [-0.39, 0.29) is 0 Å². The van der Waals surface area contributed by atoms with Crippen LogP contribution < -0.4 is 0 Å². The molecule has 0 N–H and O–H groups in total. The van der Waals surface area contributed by atoms with Crippen LogP contribution in [0.5, 0.6) is 0 Å². The molecule has 9 nitrogen and oxygen atoms in total. The van der Waals surface area contributed by atoms with Crippen LogP contribution in [0, 0.1) is 0 Å². The molecule has 0 aliphatic rings. The maximum absolute atomic E-state index is 5.24. The summed E-state index contributed by atoms with van der Waals surface area (Å²) in [5.74, 6) is 5.97. The fraction of sp³-hybridized carbons (Fsp3) is 0. The van der Waals surface area contributed by atoms with Gasteiger partial charge in [-0.25, -0.2) is 44.9 Å². The molecule has 4 aromatic heterocycles. The predicted octanol–water partition coefficient (Wildman–Crippen LogP) is 31.3. The molecule has 0 bridgehead atoms. The molecule has 4 heterocycles. The van der Waals surface area contributed by atoms with Gasteiger partial charge in [-0.15, -0.1) is 11.3 Å². The Balaban J connectivity index is 0.000000107. The van der Waals surface area contributed by atoms with Gasteiger partial charge in [-0.3, -0.25) is 0 Å². The molecule has 0 unspecified atom stereocenters. The molecule has 0 fully saturated rings. The van der Waals surface area contributed by atoms with Crippen LogP contribution >= 0.6 is 11.3 Å². The summed E-state index contributed by atoms with van der Waals surface area (Å²) in [5, 5.41) is 29.1. The molecule has 129 heavy (non-hydrogen) atoms. The lowest BCUT2D eigenvalue weighted by molar-refractivity contribution is 1.07. The van der Waals surface area contributed by atoms with E-state index in [1.807, 2.05) is 84.9 Å². The minimum atomic E-state index is 0.652. The van der Waals surface area contributed by atoms with Crippen LogP contribution in [0.15, 0.2) is 443 Å². The van der Waals surface area contributed by atoms with Crippen molar-refractivity contribution >= 4 is 150 Å². The van der Waals surface area contributed by atoms with Gasteiger partial charge in [0.05, 0.1) is 0 Å². The highest BCUT2D eigenvalue weighted by molar-refractivity contribution is 7.26. The average Bonchev–Trinajstić information content (AvgIpc) is 1.57. The van der Waals surface area contributed by atoms with E-state index in [2.05, 4.69) is 358 Å². The van der Waals surface area contributed by atoms with Crippen LogP contribution in [0.3, 0.4) is 0 Å². The Morgan fingerprint density at radius 2 is 0.411 bits per heavy atom. The molecular formula is C119H73N9S. The van der Waals surface area contributed by atoms with Crippen molar-refractivity contribution in [3.63, 3.8) is 0 Å². The third-order valence-electron chi connectivity index (χ3n) is 24.8. The summed E-state index contributed by atoms with van der Waals surface area (Å²) in [6, 6.07) is 155. The Hall–Kier alpha value is -17.1. The summed E-state index contributed by atoms with van der Waals surface area (Å²) >= 11 is 1.80. The maximum Gasteiger partial charge on any atom is 0.164 e. The molecule has 0 aliphatic heterocycles. The highest BCUT2D eigenvalue weighted by atomic mass is 32.1. The van der Waals surface area contributed by atoms with Gasteiger partial charge in [-0.05, 0) is 172 Å². The fourth-order valence-electron chi connectivity index (χ4n) is 18.7. The largest absolute Gasteiger partial charge is 0.208 e. The van der Waals surface area contributed by atoms with Gasteiger partial charge < -0.3 is 0 Å². The molecule has 0 aliphatic carbocycles. The SMILES string of the molecule is c1ccc(-c2cccc(-c3nc(-c4ccccc4)nc(-c4cc5ccc6ccccc6c5c5ccccc45)n3)c2)cc1.c1ccc(-c2nc(-c3cc4ccc5ccccc5c4c4ccccc34)nc(-c3cccc4sc5ccccc5c34)n2)cc1.c1ccc(-c2nc(-c3ccc4c(ccc5ccccc54)c3)nc(-c3ccc4c(ccc5ccc6ccccc6c54)c3)n2)cc1. The third kappa shape index (κ3) is 14.0. The van der Waals surface area contributed by atoms with E-state index in [0.717, 1.165) is 88.1 Å². The second-order valence-electron chi connectivity index (χ2n) is 32.6. The molecule has 0 atom stereocenters. The van der Waals surface area contributed by atoms with Crippen LogP contribution in [-0.2, 0) is 0 Å². The second-order valence-corrected chi connectivity index (χ2v) is 33.6. The van der Waals surface area contributed by atoms with Crippen molar-refractivity contribution < 1.29 is 0 Å². The van der Waals surface area contributed by atoms with Crippen LogP contribution in [0.1, 0.15) is 0 Å². The van der Waals surface area contributed by atoms with Crippen LogP contribution in [-0.4, -0.2) is 44.9 Å². The zero-order valence-electron chi connectivity index (χ0n) is 69.6. The molecular weight excluding hydrogens is 1590 g/mol. The number of hydrogen-bond donors (Lipinski definition) is 0. The van der Waals surface area contributed by atoms with Gasteiger partial charge in [0, 0.05) is 70.2 Å². The fourth-order valence-corrected chi connectivity index (χ4v) is 19.8. The van der Waals surface area contributed by atoms with Gasteiger partial charge in [0.2, 0.25) is 0 Å². The van der Waals surface area contributed by atoms with Crippen LogP contribution in [0.4, 0.5) is 0 Å². The van der Waals surface area contributed by atoms with Crippen molar-refractivity contribution in [1.82, 2.24) is 44.9 Å². The summed E-state index contributed by atoms with van der Waals surface area (Å²) in [7, 11) is 0. The van der Waals surface area contributed by atoms with Gasteiger partial charge in [0.1, 0.15) is 0 Å². The van der Waals surface area contributed by atoms with Gasteiger partial charge >= 0.3 is 0 Å².